The van der Waals surface area contributed by atoms with Crippen molar-refractivity contribution in [3.05, 3.63) is 77.6 Å². The molecule has 0 atom stereocenters. The number of carbonyl (C=O) groups excluding carboxylic acids is 1. The number of hydrogen-bond donors (Lipinski definition) is 1. The molecule has 1 N–H and O–H groups in total. The molecule has 28 heavy (non-hydrogen) atoms. The third-order valence-electron chi connectivity index (χ3n) is 4.39. The zero-order chi connectivity index (χ0) is 19.8. The van der Waals surface area contributed by atoms with Gasteiger partial charge in [0.25, 0.3) is 0 Å². The van der Waals surface area contributed by atoms with Gasteiger partial charge in [0.1, 0.15) is 11.5 Å². The first-order valence-corrected chi connectivity index (χ1v) is 9.25. The predicted octanol–water partition coefficient (Wildman–Crippen LogP) is 3.68. The second kappa shape index (κ2) is 9.71. The van der Waals surface area contributed by atoms with Crippen molar-refractivity contribution in [1.29, 1.82) is 0 Å². The van der Waals surface area contributed by atoms with Crippen molar-refractivity contribution in [2.45, 2.75) is 19.9 Å². The van der Waals surface area contributed by atoms with Crippen molar-refractivity contribution < 1.29 is 14.1 Å². The molecule has 0 spiro atoms. The van der Waals surface area contributed by atoms with Gasteiger partial charge in [-0.3, -0.25) is 9.69 Å². The lowest BCUT2D eigenvalue weighted by Gasteiger charge is -2.22. The number of nitrogens with one attached hydrogen (secondary N) is 1. The maximum Gasteiger partial charge on any atom is 0.239 e. The summed E-state index contributed by atoms with van der Waals surface area (Å²) in [6.07, 6.45) is 0.840. The lowest BCUT2D eigenvalue weighted by Crippen LogP contribution is -2.34. The number of carbonyl (C=O) groups is 1. The lowest BCUT2D eigenvalue weighted by atomic mass is 10.1. The fraction of sp³-hybridized carbons (Fsp3) is 0.273. The molecule has 2 aromatic carbocycles. The highest BCUT2D eigenvalue weighted by Gasteiger charge is 2.13. The molecular formula is C22H25N3O3. The number of rotatable bonds is 9. The summed E-state index contributed by atoms with van der Waals surface area (Å²) in [6.45, 7) is 3.52. The van der Waals surface area contributed by atoms with Crippen LogP contribution in [0.2, 0.25) is 0 Å². The van der Waals surface area contributed by atoms with E-state index in [1.807, 2.05) is 30.3 Å². The molecule has 6 nitrogen and oxygen atoms in total. The zero-order valence-corrected chi connectivity index (χ0v) is 16.2. The van der Waals surface area contributed by atoms with Gasteiger partial charge in [-0.25, -0.2) is 0 Å². The SMILES string of the molecule is COc1ccc(CCN(CC(=O)Nc2cc(C)on2)Cc2ccccc2)cc1. The van der Waals surface area contributed by atoms with Crippen LogP contribution in [-0.4, -0.2) is 36.2 Å². The van der Waals surface area contributed by atoms with Gasteiger partial charge in [0.2, 0.25) is 5.91 Å². The summed E-state index contributed by atoms with van der Waals surface area (Å²) >= 11 is 0. The average molecular weight is 379 g/mol. The molecule has 0 aliphatic rings. The molecule has 0 radical (unpaired) electrons. The number of methoxy groups -OCH3 is 1. The third-order valence-corrected chi connectivity index (χ3v) is 4.39. The van der Waals surface area contributed by atoms with Crippen LogP contribution < -0.4 is 10.1 Å². The molecule has 1 amide bonds. The Morgan fingerprint density at radius 3 is 2.50 bits per heavy atom. The Morgan fingerprint density at radius 1 is 1.11 bits per heavy atom. The molecule has 1 heterocycles. The smallest absolute Gasteiger partial charge is 0.239 e. The number of amides is 1. The van der Waals surface area contributed by atoms with Crippen LogP contribution in [0.4, 0.5) is 5.82 Å². The number of aromatic nitrogens is 1. The molecule has 0 aliphatic carbocycles. The van der Waals surface area contributed by atoms with Crippen LogP contribution in [0.15, 0.2) is 65.2 Å². The second-order valence-electron chi connectivity index (χ2n) is 6.67. The molecule has 0 fully saturated rings. The predicted molar refractivity (Wildman–Crippen MR) is 108 cm³/mol. The maximum atomic E-state index is 12.5. The van der Waals surface area contributed by atoms with E-state index in [9.17, 15) is 4.79 Å². The van der Waals surface area contributed by atoms with Gasteiger partial charge in [-0.1, -0.05) is 47.6 Å². The van der Waals surface area contributed by atoms with Crippen molar-refractivity contribution >= 4 is 11.7 Å². The van der Waals surface area contributed by atoms with E-state index in [-0.39, 0.29) is 12.5 Å². The molecule has 3 aromatic rings. The minimum atomic E-state index is -0.112. The Kier molecular flexibility index (Phi) is 6.81. The minimum absolute atomic E-state index is 0.112. The van der Waals surface area contributed by atoms with Gasteiger partial charge < -0.3 is 14.6 Å². The monoisotopic (exact) mass is 379 g/mol. The number of ether oxygens (including phenoxy) is 1. The third kappa shape index (κ3) is 5.96. The molecule has 0 saturated heterocycles. The quantitative estimate of drug-likeness (QED) is 0.614. The lowest BCUT2D eigenvalue weighted by molar-refractivity contribution is -0.117. The van der Waals surface area contributed by atoms with Gasteiger partial charge in [0.05, 0.1) is 13.7 Å². The fourth-order valence-electron chi connectivity index (χ4n) is 2.95. The van der Waals surface area contributed by atoms with Crippen molar-refractivity contribution in [3.8, 4) is 5.75 Å². The summed E-state index contributed by atoms with van der Waals surface area (Å²) < 4.78 is 10.2. The molecule has 146 valence electrons. The minimum Gasteiger partial charge on any atom is -0.497 e. The van der Waals surface area contributed by atoms with Crippen molar-refractivity contribution in [2.75, 3.05) is 25.5 Å². The first-order chi connectivity index (χ1) is 13.6. The molecule has 0 unspecified atom stereocenters. The summed E-state index contributed by atoms with van der Waals surface area (Å²) in [5.41, 5.74) is 2.37. The first kappa shape index (κ1) is 19.6. The van der Waals surface area contributed by atoms with Crippen molar-refractivity contribution in [1.82, 2.24) is 10.1 Å². The molecule has 0 aliphatic heterocycles. The van der Waals surface area contributed by atoms with E-state index in [4.69, 9.17) is 9.26 Å². The molecule has 3 rings (SSSR count). The van der Waals surface area contributed by atoms with Gasteiger partial charge in [-0.05, 0) is 36.6 Å². The largest absolute Gasteiger partial charge is 0.497 e. The van der Waals surface area contributed by atoms with Gasteiger partial charge in [0.15, 0.2) is 5.82 Å². The zero-order valence-electron chi connectivity index (χ0n) is 16.2. The van der Waals surface area contributed by atoms with Crippen LogP contribution in [0.25, 0.3) is 0 Å². The van der Waals surface area contributed by atoms with Crippen LogP contribution in [0.1, 0.15) is 16.9 Å². The summed E-state index contributed by atoms with van der Waals surface area (Å²) in [6, 6.07) is 19.9. The van der Waals surface area contributed by atoms with Gasteiger partial charge in [-0.15, -0.1) is 0 Å². The molecule has 1 aromatic heterocycles. The fourth-order valence-corrected chi connectivity index (χ4v) is 2.95. The highest BCUT2D eigenvalue weighted by Crippen LogP contribution is 2.13. The summed E-state index contributed by atoms with van der Waals surface area (Å²) in [4.78, 5) is 14.6. The van der Waals surface area contributed by atoms with E-state index in [2.05, 4.69) is 39.6 Å². The topological polar surface area (TPSA) is 67.6 Å². The Hall–Kier alpha value is -3.12. The molecule has 0 bridgehead atoms. The van der Waals surface area contributed by atoms with E-state index in [0.29, 0.717) is 18.1 Å². The Labute approximate surface area is 165 Å². The van der Waals surface area contributed by atoms with Gasteiger partial charge in [-0.2, -0.15) is 0 Å². The summed E-state index contributed by atoms with van der Waals surface area (Å²) in [7, 11) is 1.66. The van der Waals surface area contributed by atoms with Crippen molar-refractivity contribution in [2.24, 2.45) is 0 Å². The summed E-state index contributed by atoms with van der Waals surface area (Å²) in [5, 5.41) is 6.61. The van der Waals surface area contributed by atoms with Crippen LogP contribution in [0, 0.1) is 6.92 Å². The normalized spacial score (nSPS) is 10.8. The van der Waals surface area contributed by atoms with Crippen LogP contribution in [0.5, 0.6) is 5.75 Å². The molecule has 6 heteroatoms. The standard InChI is InChI=1S/C22H25N3O3/c1-17-14-21(24-28-17)23-22(26)16-25(15-19-6-4-3-5-7-19)13-12-18-8-10-20(27-2)11-9-18/h3-11,14H,12-13,15-16H2,1-2H3,(H,23,24,26). The van der Waals surface area contributed by atoms with Gasteiger partial charge in [0, 0.05) is 19.2 Å². The molecule has 0 saturated carbocycles. The van der Waals surface area contributed by atoms with Crippen LogP contribution in [0.3, 0.4) is 0 Å². The number of hydrogen-bond acceptors (Lipinski definition) is 5. The highest BCUT2D eigenvalue weighted by molar-refractivity contribution is 5.91. The Balaban J connectivity index is 1.62. The average Bonchev–Trinajstić information content (AvgIpc) is 3.11. The summed E-state index contributed by atoms with van der Waals surface area (Å²) in [5.74, 6) is 1.83. The van der Waals surface area contributed by atoms with Gasteiger partial charge >= 0.3 is 0 Å². The van der Waals surface area contributed by atoms with Crippen LogP contribution in [-0.2, 0) is 17.8 Å². The number of aryl methyl sites for hydroxylation is 1. The highest BCUT2D eigenvalue weighted by atomic mass is 16.5. The molecular weight excluding hydrogens is 354 g/mol. The van der Waals surface area contributed by atoms with E-state index < -0.39 is 0 Å². The van der Waals surface area contributed by atoms with Crippen LogP contribution >= 0.6 is 0 Å². The second-order valence-corrected chi connectivity index (χ2v) is 6.67. The first-order valence-electron chi connectivity index (χ1n) is 9.25. The van der Waals surface area contributed by atoms with E-state index >= 15 is 0 Å². The van der Waals surface area contributed by atoms with E-state index in [0.717, 1.165) is 18.7 Å². The Bertz CT molecular complexity index is 876. The number of anilines is 1. The Morgan fingerprint density at radius 2 is 1.86 bits per heavy atom. The number of benzene rings is 2. The van der Waals surface area contributed by atoms with Crippen molar-refractivity contribution in [3.63, 3.8) is 0 Å². The number of nitrogens with zero attached hydrogens (tertiary/aromatic N) is 2. The van der Waals surface area contributed by atoms with E-state index in [1.165, 1.54) is 11.1 Å². The van der Waals surface area contributed by atoms with E-state index in [1.54, 1.807) is 20.1 Å². The maximum absolute atomic E-state index is 12.5.